The molecule has 0 N–H and O–H groups in total. The fourth-order valence-electron chi connectivity index (χ4n) is 3.60. The molecule has 3 rings (SSSR count). The van der Waals surface area contributed by atoms with Crippen LogP contribution in [-0.2, 0) is 4.79 Å². The van der Waals surface area contributed by atoms with Crippen LogP contribution in [0.15, 0.2) is 0 Å². The number of hydrogen-bond acceptors (Lipinski definition) is 2. The first kappa shape index (κ1) is 12.8. The highest BCUT2D eigenvalue weighted by Crippen LogP contribution is 2.24. The van der Waals surface area contributed by atoms with Crippen LogP contribution in [0.25, 0.3) is 0 Å². The topological polar surface area (TPSA) is 43.9 Å². The average Bonchev–Trinajstić information content (AvgIpc) is 2.79. The Morgan fingerprint density at radius 1 is 1.11 bits per heavy atom. The zero-order valence-corrected chi connectivity index (χ0v) is 11.7. The molecular formula is C14H23N3O2. The van der Waals surface area contributed by atoms with Gasteiger partial charge < -0.3 is 14.7 Å². The highest BCUT2D eigenvalue weighted by molar-refractivity contribution is 5.80. The van der Waals surface area contributed by atoms with E-state index in [0.29, 0.717) is 18.9 Å². The summed E-state index contributed by atoms with van der Waals surface area (Å²) in [6, 6.07) is 0.456. The Hall–Kier alpha value is -1.26. The lowest BCUT2D eigenvalue weighted by Gasteiger charge is -2.41. The Morgan fingerprint density at radius 2 is 1.89 bits per heavy atom. The SMILES string of the molecule is CC1CCCN(C(=O)N2CCN3C(=O)CCC3C2)C1. The van der Waals surface area contributed by atoms with Crippen molar-refractivity contribution >= 4 is 11.9 Å². The number of piperazine rings is 1. The molecule has 3 saturated heterocycles. The first-order valence-corrected chi connectivity index (χ1v) is 7.48. The molecule has 3 amide bonds. The first-order valence-electron chi connectivity index (χ1n) is 7.48. The van der Waals surface area contributed by atoms with Crippen LogP contribution < -0.4 is 0 Å². The Labute approximate surface area is 114 Å². The van der Waals surface area contributed by atoms with Gasteiger partial charge in [0, 0.05) is 45.2 Å². The molecule has 5 heteroatoms. The molecule has 0 aromatic rings. The van der Waals surface area contributed by atoms with Crippen molar-refractivity contribution in [2.75, 3.05) is 32.7 Å². The van der Waals surface area contributed by atoms with Crippen molar-refractivity contribution in [3.8, 4) is 0 Å². The van der Waals surface area contributed by atoms with Crippen molar-refractivity contribution in [1.29, 1.82) is 0 Å². The standard InChI is InChI=1S/C14H23N3O2/c1-11-3-2-6-15(9-11)14(19)16-7-8-17-12(10-16)4-5-13(17)18/h11-12H,2-10H2,1H3. The number of piperidine rings is 1. The van der Waals surface area contributed by atoms with E-state index in [0.717, 1.165) is 39.0 Å². The molecule has 2 atom stereocenters. The van der Waals surface area contributed by atoms with Gasteiger partial charge in [-0.25, -0.2) is 4.79 Å². The van der Waals surface area contributed by atoms with Crippen LogP contribution in [0.1, 0.15) is 32.6 Å². The number of fused-ring (bicyclic) bond motifs is 1. The Kier molecular flexibility index (Phi) is 3.37. The second kappa shape index (κ2) is 5.02. The van der Waals surface area contributed by atoms with Crippen LogP contribution in [0, 0.1) is 5.92 Å². The Balaban J connectivity index is 1.60. The second-order valence-corrected chi connectivity index (χ2v) is 6.20. The number of urea groups is 1. The fourth-order valence-corrected chi connectivity index (χ4v) is 3.60. The largest absolute Gasteiger partial charge is 0.336 e. The van der Waals surface area contributed by atoms with Crippen molar-refractivity contribution in [3.63, 3.8) is 0 Å². The molecule has 19 heavy (non-hydrogen) atoms. The minimum atomic E-state index is 0.186. The van der Waals surface area contributed by atoms with Gasteiger partial charge in [-0.3, -0.25) is 4.79 Å². The third kappa shape index (κ3) is 2.42. The van der Waals surface area contributed by atoms with Gasteiger partial charge in [-0.15, -0.1) is 0 Å². The van der Waals surface area contributed by atoms with Gasteiger partial charge >= 0.3 is 6.03 Å². The summed E-state index contributed by atoms with van der Waals surface area (Å²) in [4.78, 5) is 30.1. The zero-order valence-electron chi connectivity index (χ0n) is 11.7. The van der Waals surface area contributed by atoms with Crippen LogP contribution in [0.5, 0.6) is 0 Å². The van der Waals surface area contributed by atoms with E-state index in [1.165, 1.54) is 6.42 Å². The molecule has 0 aromatic heterocycles. The van der Waals surface area contributed by atoms with E-state index in [1.807, 2.05) is 14.7 Å². The number of amides is 3. The van der Waals surface area contributed by atoms with Gasteiger partial charge in [0.2, 0.25) is 5.91 Å². The minimum absolute atomic E-state index is 0.186. The number of likely N-dealkylation sites (tertiary alicyclic amines) is 1. The lowest BCUT2D eigenvalue weighted by molar-refractivity contribution is -0.130. The van der Waals surface area contributed by atoms with E-state index in [2.05, 4.69) is 6.92 Å². The smallest absolute Gasteiger partial charge is 0.320 e. The summed E-state index contributed by atoms with van der Waals surface area (Å²) < 4.78 is 0. The molecule has 0 spiro atoms. The van der Waals surface area contributed by atoms with Gasteiger partial charge in [-0.1, -0.05) is 6.92 Å². The summed E-state index contributed by atoms with van der Waals surface area (Å²) in [6.07, 6.45) is 3.93. The van der Waals surface area contributed by atoms with Gasteiger partial charge in [0.05, 0.1) is 0 Å². The summed E-state index contributed by atoms with van der Waals surface area (Å²) in [5.74, 6) is 0.885. The maximum Gasteiger partial charge on any atom is 0.320 e. The molecule has 0 radical (unpaired) electrons. The van der Waals surface area contributed by atoms with Gasteiger partial charge in [0.25, 0.3) is 0 Å². The third-order valence-electron chi connectivity index (χ3n) is 4.69. The van der Waals surface area contributed by atoms with Crippen LogP contribution >= 0.6 is 0 Å². The van der Waals surface area contributed by atoms with Crippen molar-refractivity contribution < 1.29 is 9.59 Å². The van der Waals surface area contributed by atoms with Gasteiger partial charge in [0.1, 0.15) is 0 Å². The maximum absolute atomic E-state index is 12.5. The Bertz CT molecular complexity index is 385. The van der Waals surface area contributed by atoms with Crippen LogP contribution in [0.3, 0.4) is 0 Å². The summed E-state index contributed by atoms with van der Waals surface area (Å²) >= 11 is 0. The van der Waals surface area contributed by atoms with Gasteiger partial charge in [-0.2, -0.15) is 0 Å². The highest BCUT2D eigenvalue weighted by atomic mass is 16.2. The highest BCUT2D eigenvalue weighted by Gasteiger charge is 2.38. The molecular weight excluding hydrogens is 242 g/mol. The van der Waals surface area contributed by atoms with Crippen molar-refractivity contribution in [2.24, 2.45) is 5.92 Å². The predicted molar refractivity (Wildman–Crippen MR) is 71.7 cm³/mol. The summed E-state index contributed by atoms with van der Waals surface area (Å²) in [5.41, 5.74) is 0. The van der Waals surface area contributed by atoms with Crippen molar-refractivity contribution in [1.82, 2.24) is 14.7 Å². The molecule has 106 valence electrons. The monoisotopic (exact) mass is 265 g/mol. The van der Waals surface area contributed by atoms with E-state index < -0.39 is 0 Å². The molecule has 0 saturated carbocycles. The molecule has 0 bridgehead atoms. The molecule has 0 aromatic carbocycles. The third-order valence-corrected chi connectivity index (χ3v) is 4.69. The molecule has 3 aliphatic heterocycles. The van der Waals surface area contributed by atoms with Crippen LogP contribution in [0.4, 0.5) is 4.79 Å². The number of carbonyl (C=O) groups is 2. The molecule has 0 aliphatic carbocycles. The fraction of sp³-hybridized carbons (Fsp3) is 0.857. The molecule has 3 aliphatic rings. The van der Waals surface area contributed by atoms with Gasteiger partial charge in [-0.05, 0) is 25.2 Å². The van der Waals surface area contributed by atoms with E-state index >= 15 is 0 Å². The van der Waals surface area contributed by atoms with E-state index in [-0.39, 0.29) is 18.0 Å². The molecule has 2 unspecified atom stereocenters. The summed E-state index contributed by atoms with van der Waals surface area (Å²) in [6.45, 7) is 6.16. The normalized spacial score (nSPS) is 31.6. The zero-order chi connectivity index (χ0) is 13.4. The van der Waals surface area contributed by atoms with Crippen LogP contribution in [0.2, 0.25) is 0 Å². The number of rotatable bonds is 0. The second-order valence-electron chi connectivity index (χ2n) is 6.20. The lowest BCUT2D eigenvalue weighted by atomic mass is 10.0. The maximum atomic E-state index is 12.5. The van der Waals surface area contributed by atoms with Crippen molar-refractivity contribution in [2.45, 2.75) is 38.6 Å². The average molecular weight is 265 g/mol. The quantitative estimate of drug-likeness (QED) is 0.659. The van der Waals surface area contributed by atoms with E-state index in [1.54, 1.807) is 0 Å². The Morgan fingerprint density at radius 3 is 2.68 bits per heavy atom. The predicted octanol–water partition coefficient (Wildman–Crippen LogP) is 1.14. The molecule has 3 heterocycles. The minimum Gasteiger partial charge on any atom is -0.336 e. The van der Waals surface area contributed by atoms with E-state index in [4.69, 9.17) is 0 Å². The molecule has 5 nitrogen and oxygen atoms in total. The summed E-state index contributed by atoms with van der Waals surface area (Å²) in [5, 5.41) is 0. The molecule has 3 fully saturated rings. The van der Waals surface area contributed by atoms with Crippen LogP contribution in [-0.4, -0.2) is 65.4 Å². The lowest BCUT2D eigenvalue weighted by Crippen LogP contribution is -2.57. The number of carbonyl (C=O) groups excluding carboxylic acids is 2. The number of hydrogen-bond donors (Lipinski definition) is 0. The summed E-state index contributed by atoms with van der Waals surface area (Å²) in [7, 11) is 0. The number of nitrogens with zero attached hydrogens (tertiary/aromatic N) is 3. The van der Waals surface area contributed by atoms with E-state index in [9.17, 15) is 9.59 Å². The van der Waals surface area contributed by atoms with Gasteiger partial charge in [0.15, 0.2) is 0 Å². The van der Waals surface area contributed by atoms with Crippen molar-refractivity contribution in [3.05, 3.63) is 0 Å². The first-order chi connectivity index (χ1) is 9.15.